The minimum absolute atomic E-state index is 0.00524. The normalized spacial score (nSPS) is 16.2. The fourth-order valence-corrected chi connectivity index (χ4v) is 2.30. The molecule has 0 saturated heterocycles. The first kappa shape index (κ1) is 14.2. The van der Waals surface area contributed by atoms with Gasteiger partial charge in [0, 0.05) is 0 Å². The molecule has 0 spiro atoms. The van der Waals surface area contributed by atoms with Gasteiger partial charge in [-0.1, -0.05) is 26.8 Å². The molecule has 0 bridgehead atoms. The summed E-state index contributed by atoms with van der Waals surface area (Å²) < 4.78 is 31.1. The molecule has 1 aliphatic rings. The predicted molar refractivity (Wildman–Crippen MR) is 77.3 cm³/mol. The van der Waals surface area contributed by atoms with Gasteiger partial charge in [-0.05, 0) is 36.0 Å². The number of hydrogen-bond acceptors (Lipinski definition) is 3. The fourth-order valence-electron chi connectivity index (χ4n) is 1.74. The third-order valence-corrected chi connectivity index (χ3v) is 3.55. The van der Waals surface area contributed by atoms with Crippen LogP contribution in [0.4, 0.5) is 5.69 Å². The first-order chi connectivity index (χ1) is 8.65. The van der Waals surface area contributed by atoms with Gasteiger partial charge in [-0.2, -0.15) is 0 Å². The third kappa shape index (κ3) is 4.13. The van der Waals surface area contributed by atoms with Crippen LogP contribution >= 0.6 is 0 Å². The number of hydrogen-bond donors (Lipinski definition) is 1. The highest BCUT2D eigenvalue weighted by molar-refractivity contribution is 7.92. The molecule has 4 nitrogen and oxygen atoms in total. The van der Waals surface area contributed by atoms with Gasteiger partial charge in [-0.25, -0.2) is 8.42 Å². The molecule has 5 heteroatoms. The van der Waals surface area contributed by atoms with Gasteiger partial charge in [0.25, 0.3) is 0 Å². The number of sulfonamides is 1. The van der Waals surface area contributed by atoms with Crippen molar-refractivity contribution in [3.8, 4) is 5.75 Å². The van der Waals surface area contributed by atoms with E-state index in [1.807, 2.05) is 12.1 Å². The number of benzene rings is 1. The van der Waals surface area contributed by atoms with Crippen LogP contribution in [0, 0.1) is 0 Å². The van der Waals surface area contributed by atoms with E-state index in [9.17, 15) is 8.42 Å². The minimum Gasteiger partial charge on any atom is -0.488 e. The van der Waals surface area contributed by atoms with Gasteiger partial charge in [-0.3, -0.25) is 4.72 Å². The smallest absolute Gasteiger partial charge is 0.229 e. The van der Waals surface area contributed by atoms with Crippen LogP contribution in [0.2, 0.25) is 0 Å². The Bertz CT molecular complexity index is 569. The quantitative estimate of drug-likeness (QED) is 0.924. The average molecular weight is 283 g/mol. The molecule has 0 aromatic heterocycles. The predicted octanol–water partition coefficient (Wildman–Crippen LogP) is 2.90. The maximum Gasteiger partial charge on any atom is 0.229 e. The molecule has 1 aliphatic carbocycles. The lowest BCUT2D eigenvalue weighted by atomic mass is 9.87. The van der Waals surface area contributed by atoms with Crippen molar-refractivity contribution in [2.75, 3.05) is 11.0 Å². The second kappa shape index (κ2) is 4.71. The van der Waals surface area contributed by atoms with Crippen molar-refractivity contribution in [1.29, 1.82) is 0 Å². The molecule has 0 atom stereocenters. The maximum absolute atomic E-state index is 11.4. The van der Waals surface area contributed by atoms with Crippen molar-refractivity contribution >= 4 is 15.7 Å². The monoisotopic (exact) mass is 283 g/mol. The largest absolute Gasteiger partial charge is 0.488 e. The summed E-state index contributed by atoms with van der Waals surface area (Å²) in [7, 11) is -3.29. The summed E-state index contributed by atoms with van der Waals surface area (Å²) in [6, 6.07) is 5.65. The number of ether oxygens (including phenoxy) is 1. The molecule has 1 aromatic carbocycles. The average Bonchev–Trinajstić information content (AvgIpc) is 3.00. The van der Waals surface area contributed by atoms with Gasteiger partial charge in [-0.15, -0.1) is 0 Å². The van der Waals surface area contributed by atoms with E-state index in [0.717, 1.165) is 24.7 Å². The molecule has 0 radical (unpaired) electrons. The number of rotatable bonds is 4. The van der Waals surface area contributed by atoms with Crippen LogP contribution in [-0.2, 0) is 15.4 Å². The molecule has 1 saturated carbocycles. The standard InChI is InChI=1S/C14H21NO3S/c1-14(2,3)10-5-8-12(15-19(4,16)17)13(9-10)18-11-6-7-11/h5,8-9,11,15H,6-7H2,1-4H3. The highest BCUT2D eigenvalue weighted by Crippen LogP contribution is 2.36. The minimum atomic E-state index is -3.29. The molecule has 0 amide bonds. The molecule has 1 fully saturated rings. The zero-order chi connectivity index (χ0) is 14.3. The van der Waals surface area contributed by atoms with Crippen LogP contribution in [0.5, 0.6) is 5.75 Å². The highest BCUT2D eigenvalue weighted by atomic mass is 32.2. The van der Waals surface area contributed by atoms with Crippen LogP contribution < -0.4 is 9.46 Å². The molecule has 106 valence electrons. The van der Waals surface area contributed by atoms with Crippen molar-refractivity contribution in [1.82, 2.24) is 0 Å². The van der Waals surface area contributed by atoms with Crippen LogP contribution in [0.3, 0.4) is 0 Å². The summed E-state index contributed by atoms with van der Waals surface area (Å²) in [5.41, 5.74) is 1.65. The van der Waals surface area contributed by atoms with E-state index in [1.165, 1.54) is 0 Å². The zero-order valence-corrected chi connectivity index (χ0v) is 12.7. The lowest BCUT2D eigenvalue weighted by Gasteiger charge is -2.21. The SMILES string of the molecule is CC(C)(C)c1ccc(NS(C)(=O)=O)c(OC2CC2)c1. The molecule has 1 aromatic rings. The van der Waals surface area contributed by atoms with E-state index in [1.54, 1.807) is 6.07 Å². The van der Waals surface area contributed by atoms with Crippen molar-refractivity contribution in [3.05, 3.63) is 23.8 Å². The van der Waals surface area contributed by atoms with E-state index in [2.05, 4.69) is 25.5 Å². The first-order valence-electron chi connectivity index (χ1n) is 6.44. The number of anilines is 1. The molecule has 1 N–H and O–H groups in total. The van der Waals surface area contributed by atoms with E-state index in [0.29, 0.717) is 11.4 Å². The molecular formula is C14H21NO3S. The van der Waals surface area contributed by atoms with Gasteiger partial charge in [0.05, 0.1) is 18.0 Å². The van der Waals surface area contributed by atoms with Crippen molar-refractivity contribution < 1.29 is 13.2 Å². The number of nitrogens with one attached hydrogen (secondary N) is 1. The van der Waals surface area contributed by atoms with E-state index < -0.39 is 10.0 Å². The molecule has 0 heterocycles. The third-order valence-electron chi connectivity index (χ3n) is 2.96. The Labute approximate surface area is 115 Å². The van der Waals surface area contributed by atoms with Gasteiger partial charge in [0.15, 0.2) is 0 Å². The first-order valence-corrected chi connectivity index (χ1v) is 8.33. The summed E-state index contributed by atoms with van der Waals surface area (Å²) in [5, 5.41) is 0. The van der Waals surface area contributed by atoms with Crippen LogP contribution in [0.25, 0.3) is 0 Å². The Morgan fingerprint density at radius 2 is 1.89 bits per heavy atom. The second-order valence-corrected chi connectivity index (χ2v) is 7.90. The molecule has 0 aliphatic heterocycles. The Kier molecular flexibility index (Phi) is 3.51. The Morgan fingerprint density at radius 3 is 2.37 bits per heavy atom. The van der Waals surface area contributed by atoms with Gasteiger partial charge >= 0.3 is 0 Å². The summed E-state index contributed by atoms with van der Waals surface area (Å²) in [6.07, 6.45) is 3.46. The summed E-state index contributed by atoms with van der Waals surface area (Å²) in [5.74, 6) is 0.625. The van der Waals surface area contributed by atoms with Crippen molar-refractivity contribution in [3.63, 3.8) is 0 Å². The molecule has 0 unspecified atom stereocenters. The van der Waals surface area contributed by atoms with Gasteiger partial charge < -0.3 is 4.74 Å². The Balaban J connectivity index is 2.36. The van der Waals surface area contributed by atoms with E-state index in [4.69, 9.17) is 4.74 Å². The summed E-state index contributed by atoms with van der Waals surface area (Å²) in [6.45, 7) is 6.35. The van der Waals surface area contributed by atoms with Gasteiger partial charge in [0.1, 0.15) is 5.75 Å². The highest BCUT2D eigenvalue weighted by Gasteiger charge is 2.26. The van der Waals surface area contributed by atoms with Crippen LogP contribution in [0.15, 0.2) is 18.2 Å². The summed E-state index contributed by atoms with van der Waals surface area (Å²) >= 11 is 0. The summed E-state index contributed by atoms with van der Waals surface area (Å²) in [4.78, 5) is 0. The molecular weight excluding hydrogens is 262 g/mol. The zero-order valence-electron chi connectivity index (χ0n) is 11.9. The topological polar surface area (TPSA) is 55.4 Å². The molecule has 2 rings (SSSR count). The second-order valence-electron chi connectivity index (χ2n) is 6.15. The van der Waals surface area contributed by atoms with Crippen molar-refractivity contribution in [2.45, 2.75) is 45.1 Å². The molecule has 19 heavy (non-hydrogen) atoms. The van der Waals surface area contributed by atoms with Crippen LogP contribution in [-0.4, -0.2) is 20.8 Å². The van der Waals surface area contributed by atoms with Crippen molar-refractivity contribution in [2.24, 2.45) is 0 Å². The Morgan fingerprint density at radius 1 is 1.26 bits per heavy atom. The fraction of sp³-hybridized carbons (Fsp3) is 0.571. The van der Waals surface area contributed by atoms with E-state index >= 15 is 0 Å². The maximum atomic E-state index is 11.4. The van der Waals surface area contributed by atoms with Crippen LogP contribution in [0.1, 0.15) is 39.2 Å². The Hall–Kier alpha value is -1.23. The lowest BCUT2D eigenvalue weighted by molar-refractivity contribution is 0.304. The van der Waals surface area contributed by atoms with Gasteiger partial charge in [0.2, 0.25) is 10.0 Å². The lowest BCUT2D eigenvalue weighted by Crippen LogP contribution is -2.14. The van der Waals surface area contributed by atoms with E-state index in [-0.39, 0.29) is 11.5 Å².